The Morgan fingerprint density at radius 3 is 2.33 bits per heavy atom. The molecule has 7 nitrogen and oxygen atoms in total. The Morgan fingerprint density at radius 2 is 1.78 bits per heavy atom. The minimum atomic E-state index is -3.67. The molecular formula is C18H23N3O4S2. The van der Waals surface area contributed by atoms with Crippen molar-refractivity contribution in [2.45, 2.75) is 24.8 Å². The average molecular weight is 410 g/mol. The summed E-state index contributed by atoms with van der Waals surface area (Å²) in [4.78, 5) is 17.5. The van der Waals surface area contributed by atoms with E-state index in [1.54, 1.807) is 6.07 Å². The van der Waals surface area contributed by atoms with Crippen LogP contribution in [0.2, 0.25) is 0 Å². The molecule has 0 aliphatic carbocycles. The molecule has 0 unspecified atom stereocenters. The van der Waals surface area contributed by atoms with Crippen LogP contribution in [0.15, 0.2) is 35.2 Å². The van der Waals surface area contributed by atoms with Crippen LogP contribution in [0.4, 0.5) is 11.4 Å². The number of nitrogens with zero attached hydrogens (tertiary/aromatic N) is 3. The van der Waals surface area contributed by atoms with Crippen LogP contribution in [-0.4, -0.2) is 50.7 Å². The second kappa shape index (κ2) is 7.95. The lowest BCUT2D eigenvalue weighted by Gasteiger charge is -2.36. The molecule has 0 saturated carbocycles. The minimum absolute atomic E-state index is 0.224. The number of rotatable bonds is 6. The first-order chi connectivity index (χ1) is 12.8. The lowest BCUT2D eigenvalue weighted by atomic mass is 10.2. The molecule has 0 amide bonds. The number of sulfone groups is 1. The maximum Gasteiger partial charge on any atom is 0.288 e. The standard InChI is InChI=1S/C18H23N3O4S2/c1-3-15-5-6-16(26-15)13-19-8-10-20(11-9-19)14-4-7-17(21(22)23)18(12-14)27(2,24)25/h4-7,12H,3,8-11,13H2,1-2H3. The number of anilines is 1. The molecular weight excluding hydrogens is 386 g/mol. The van der Waals surface area contributed by atoms with Gasteiger partial charge in [-0.15, -0.1) is 11.3 Å². The van der Waals surface area contributed by atoms with E-state index in [2.05, 4.69) is 28.9 Å². The van der Waals surface area contributed by atoms with E-state index >= 15 is 0 Å². The third-order valence-electron chi connectivity index (χ3n) is 4.72. The van der Waals surface area contributed by atoms with Crippen LogP contribution in [0.5, 0.6) is 0 Å². The molecule has 2 aromatic rings. The van der Waals surface area contributed by atoms with Gasteiger partial charge in [0.2, 0.25) is 0 Å². The second-order valence-corrected chi connectivity index (χ2v) is 9.90. The van der Waals surface area contributed by atoms with Gasteiger partial charge in [0, 0.05) is 60.5 Å². The van der Waals surface area contributed by atoms with E-state index < -0.39 is 14.8 Å². The molecule has 0 spiro atoms. The lowest BCUT2D eigenvalue weighted by molar-refractivity contribution is -0.387. The molecule has 0 bridgehead atoms. The highest BCUT2D eigenvalue weighted by Crippen LogP contribution is 2.29. The zero-order valence-corrected chi connectivity index (χ0v) is 17.1. The first-order valence-electron chi connectivity index (χ1n) is 8.81. The van der Waals surface area contributed by atoms with E-state index in [1.165, 1.54) is 21.9 Å². The molecule has 0 radical (unpaired) electrons. The highest BCUT2D eigenvalue weighted by atomic mass is 32.2. The molecule has 9 heteroatoms. The Bertz CT molecular complexity index is 932. The number of hydrogen-bond donors (Lipinski definition) is 0. The van der Waals surface area contributed by atoms with E-state index in [4.69, 9.17) is 0 Å². The summed E-state index contributed by atoms with van der Waals surface area (Å²) in [6.07, 6.45) is 2.06. The van der Waals surface area contributed by atoms with Gasteiger partial charge in [-0.3, -0.25) is 15.0 Å². The molecule has 27 heavy (non-hydrogen) atoms. The number of piperazine rings is 1. The summed E-state index contributed by atoms with van der Waals surface area (Å²) >= 11 is 1.85. The van der Waals surface area contributed by atoms with Gasteiger partial charge < -0.3 is 4.90 Å². The van der Waals surface area contributed by atoms with Crippen molar-refractivity contribution in [3.05, 3.63) is 50.2 Å². The molecule has 2 heterocycles. The monoisotopic (exact) mass is 409 g/mol. The molecule has 0 atom stereocenters. The Morgan fingerprint density at radius 1 is 1.11 bits per heavy atom. The van der Waals surface area contributed by atoms with Gasteiger partial charge in [0.1, 0.15) is 4.90 Å². The smallest absolute Gasteiger partial charge is 0.288 e. The van der Waals surface area contributed by atoms with E-state index in [0.717, 1.165) is 45.4 Å². The fourth-order valence-electron chi connectivity index (χ4n) is 3.23. The largest absolute Gasteiger partial charge is 0.369 e. The van der Waals surface area contributed by atoms with E-state index in [-0.39, 0.29) is 10.6 Å². The first kappa shape index (κ1) is 19.8. The van der Waals surface area contributed by atoms with Gasteiger partial charge in [-0.2, -0.15) is 0 Å². The Kier molecular flexibility index (Phi) is 5.83. The van der Waals surface area contributed by atoms with Crippen molar-refractivity contribution in [2.24, 2.45) is 0 Å². The van der Waals surface area contributed by atoms with Gasteiger partial charge in [0.05, 0.1) is 4.92 Å². The topological polar surface area (TPSA) is 83.8 Å². The van der Waals surface area contributed by atoms with Gasteiger partial charge in [-0.1, -0.05) is 6.92 Å². The Hall–Kier alpha value is -1.97. The number of aryl methyl sites for hydroxylation is 1. The van der Waals surface area contributed by atoms with Gasteiger partial charge in [0.25, 0.3) is 5.69 Å². The zero-order valence-electron chi connectivity index (χ0n) is 15.4. The van der Waals surface area contributed by atoms with Crippen molar-refractivity contribution < 1.29 is 13.3 Å². The number of thiophene rings is 1. The molecule has 1 fully saturated rings. The van der Waals surface area contributed by atoms with Crippen LogP contribution < -0.4 is 4.90 Å². The summed E-state index contributed by atoms with van der Waals surface area (Å²) in [5.41, 5.74) is 0.342. The van der Waals surface area contributed by atoms with Crippen LogP contribution in [0.1, 0.15) is 16.7 Å². The van der Waals surface area contributed by atoms with Gasteiger partial charge >= 0.3 is 0 Å². The Balaban J connectivity index is 1.69. The molecule has 1 saturated heterocycles. The SMILES string of the molecule is CCc1ccc(CN2CCN(c3ccc([N+](=O)[O-])c(S(C)(=O)=O)c3)CC2)s1. The summed E-state index contributed by atoms with van der Waals surface area (Å²) in [5.74, 6) is 0. The molecule has 1 aliphatic heterocycles. The maximum atomic E-state index is 11.9. The molecule has 1 aliphatic rings. The van der Waals surface area contributed by atoms with Crippen molar-refractivity contribution in [3.8, 4) is 0 Å². The summed E-state index contributed by atoms with van der Waals surface area (Å²) in [6, 6.07) is 8.71. The average Bonchev–Trinajstić information content (AvgIpc) is 3.08. The molecule has 0 N–H and O–H groups in total. The summed E-state index contributed by atoms with van der Waals surface area (Å²) in [5, 5.41) is 11.1. The van der Waals surface area contributed by atoms with E-state index in [1.807, 2.05) is 11.3 Å². The Labute approximate surface area is 163 Å². The van der Waals surface area contributed by atoms with Crippen LogP contribution in [0.3, 0.4) is 0 Å². The third kappa shape index (κ3) is 4.66. The predicted molar refractivity (Wildman–Crippen MR) is 107 cm³/mol. The number of nitro benzene ring substituents is 1. The third-order valence-corrected chi connectivity index (χ3v) is 7.06. The quantitative estimate of drug-likeness (QED) is 0.539. The van der Waals surface area contributed by atoms with Crippen molar-refractivity contribution in [2.75, 3.05) is 37.3 Å². The number of nitro groups is 1. The van der Waals surface area contributed by atoms with Gasteiger partial charge in [-0.05, 0) is 30.7 Å². The second-order valence-electron chi connectivity index (χ2n) is 6.67. The molecule has 146 valence electrons. The predicted octanol–water partition coefficient (Wildman–Crippen LogP) is 2.94. The summed E-state index contributed by atoms with van der Waals surface area (Å²) in [7, 11) is -3.67. The van der Waals surface area contributed by atoms with E-state index in [9.17, 15) is 18.5 Å². The zero-order chi connectivity index (χ0) is 19.6. The van der Waals surface area contributed by atoms with Crippen LogP contribution >= 0.6 is 11.3 Å². The van der Waals surface area contributed by atoms with Crippen LogP contribution in [0.25, 0.3) is 0 Å². The summed E-state index contributed by atoms with van der Waals surface area (Å²) < 4.78 is 23.9. The van der Waals surface area contributed by atoms with Gasteiger partial charge in [0.15, 0.2) is 9.84 Å². The number of hydrogen-bond acceptors (Lipinski definition) is 7. The number of benzene rings is 1. The maximum absolute atomic E-state index is 11.9. The minimum Gasteiger partial charge on any atom is -0.369 e. The van der Waals surface area contributed by atoms with Crippen LogP contribution in [-0.2, 0) is 22.8 Å². The molecule has 3 rings (SSSR count). The summed E-state index contributed by atoms with van der Waals surface area (Å²) in [6.45, 7) is 6.33. The normalized spacial score (nSPS) is 15.9. The van der Waals surface area contributed by atoms with Crippen molar-refractivity contribution in [1.29, 1.82) is 0 Å². The van der Waals surface area contributed by atoms with Crippen molar-refractivity contribution in [3.63, 3.8) is 0 Å². The van der Waals surface area contributed by atoms with Crippen molar-refractivity contribution >= 4 is 32.5 Å². The van der Waals surface area contributed by atoms with Crippen LogP contribution in [0, 0.1) is 10.1 Å². The van der Waals surface area contributed by atoms with E-state index in [0.29, 0.717) is 5.69 Å². The molecule has 1 aromatic carbocycles. The van der Waals surface area contributed by atoms with Crippen molar-refractivity contribution in [1.82, 2.24) is 4.90 Å². The first-order valence-corrected chi connectivity index (χ1v) is 11.5. The highest BCUT2D eigenvalue weighted by molar-refractivity contribution is 7.90. The molecule has 1 aromatic heterocycles. The lowest BCUT2D eigenvalue weighted by Crippen LogP contribution is -2.45. The fourth-order valence-corrected chi connectivity index (χ4v) is 5.09. The van der Waals surface area contributed by atoms with Gasteiger partial charge in [-0.25, -0.2) is 8.42 Å². The highest BCUT2D eigenvalue weighted by Gasteiger charge is 2.25. The fraction of sp³-hybridized carbons (Fsp3) is 0.444.